The molecule has 1 unspecified atom stereocenters. The lowest BCUT2D eigenvalue weighted by Gasteiger charge is -2.33. The third-order valence-electron chi connectivity index (χ3n) is 7.10. The molecule has 2 aliphatic rings. The van der Waals surface area contributed by atoms with Crippen molar-refractivity contribution >= 4 is 11.9 Å². The predicted molar refractivity (Wildman–Crippen MR) is 138 cm³/mol. The first kappa shape index (κ1) is 23.3. The largest absolute Gasteiger partial charge is 0.438 e. The second kappa shape index (κ2) is 10.5. The maximum absolute atomic E-state index is 13.6. The van der Waals surface area contributed by atoms with Gasteiger partial charge in [-0.1, -0.05) is 55.0 Å². The summed E-state index contributed by atoms with van der Waals surface area (Å²) >= 11 is 0. The van der Waals surface area contributed by atoms with Gasteiger partial charge >= 0.3 is 0 Å². The Hall–Kier alpha value is -3.41. The van der Waals surface area contributed by atoms with E-state index in [1.807, 2.05) is 59.5 Å². The minimum absolute atomic E-state index is 0.146. The number of aryl methyl sites for hydroxylation is 1. The first-order valence-corrected chi connectivity index (χ1v) is 12.9. The van der Waals surface area contributed by atoms with Crippen molar-refractivity contribution in [3.63, 3.8) is 0 Å². The fraction of sp³-hybridized carbons (Fsp3) is 0.414. The van der Waals surface area contributed by atoms with Crippen molar-refractivity contribution in [1.82, 2.24) is 14.9 Å². The molecule has 0 bridgehead atoms. The Labute approximate surface area is 208 Å². The highest BCUT2D eigenvalue weighted by Gasteiger charge is 2.31. The molecule has 6 nitrogen and oxygen atoms in total. The number of anilines is 1. The van der Waals surface area contributed by atoms with E-state index >= 15 is 0 Å². The molecule has 1 amide bonds. The summed E-state index contributed by atoms with van der Waals surface area (Å²) in [5.41, 5.74) is 4.17. The van der Waals surface area contributed by atoms with Crippen molar-refractivity contribution in [2.75, 3.05) is 24.5 Å². The summed E-state index contributed by atoms with van der Waals surface area (Å²) in [6.45, 7) is 7.22. The highest BCUT2D eigenvalue weighted by Crippen LogP contribution is 2.33. The number of aromatic nitrogens is 2. The van der Waals surface area contributed by atoms with Gasteiger partial charge in [0.05, 0.1) is 23.7 Å². The topological polar surface area (TPSA) is 58.6 Å². The van der Waals surface area contributed by atoms with Crippen molar-refractivity contribution in [3.8, 4) is 11.6 Å². The van der Waals surface area contributed by atoms with Gasteiger partial charge in [-0.05, 0) is 50.3 Å². The summed E-state index contributed by atoms with van der Waals surface area (Å²) in [6.07, 6.45) is 5.05. The maximum atomic E-state index is 13.6. The summed E-state index contributed by atoms with van der Waals surface area (Å²) in [5, 5.41) is 0. The number of carbonyl (C=O) groups excluding carboxylic acids is 1. The number of piperidine rings is 1. The monoisotopic (exact) mass is 470 g/mol. The number of hydrogen-bond acceptors (Lipinski definition) is 5. The van der Waals surface area contributed by atoms with Crippen LogP contribution < -0.4 is 9.64 Å². The summed E-state index contributed by atoms with van der Waals surface area (Å²) in [5.74, 6) is 2.09. The van der Waals surface area contributed by atoms with Crippen molar-refractivity contribution in [2.45, 2.75) is 58.4 Å². The first-order valence-electron chi connectivity index (χ1n) is 12.9. The summed E-state index contributed by atoms with van der Waals surface area (Å²) in [7, 11) is 0. The number of rotatable bonds is 6. The van der Waals surface area contributed by atoms with Crippen LogP contribution in [-0.4, -0.2) is 40.4 Å². The zero-order valence-corrected chi connectivity index (χ0v) is 20.7. The van der Waals surface area contributed by atoms with Crippen LogP contribution in [-0.2, 0) is 17.8 Å². The van der Waals surface area contributed by atoms with E-state index in [1.165, 1.54) is 12.0 Å². The van der Waals surface area contributed by atoms with Crippen LogP contribution in [0.3, 0.4) is 0 Å². The van der Waals surface area contributed by atoms with Gasteiger partial charge in [0.2, 0.25) is 17.7 Å². The molecule has 0 radical (unpaired) electrons. The molecular weight excluding hydrogens is 436 g/mol. The molecule has 2 aromatic carbocycles. The van der Waals surface area contributed by atoms with Crippen LogP contribution in [0, 0.1) is 6.92 Å². The summed E-state index contributed by atoms with van der Waals surface area (Å²) in [6, 6.07) is 18.1. The van der Waals surface area contributed by atoms with Gasteiger partial charge in [-0.2, -0.15) is 4.98 Å². The number of nitrogens with zero attached hydrogens (tertiary/aromatic N) is 4. The molecule has 5 rings (SSSR count). The van der Waals surface area contributed by atoms with E-state index in [-0.39, 0.29) is 11.8 Å². The molecule has 6 heteroatoms. The standard InChI is InChI=1S/C29H34N4O2/c1-3-24(22-10-6-4-7-11-22)28(34)33-19-16-26-25(20-33)27(35-23-14-12-21(2)13-15-23)31-29(30-26)32-17-8-5-9-18-32/h4,6-7,10-15,24H,3,5,8-9,16-20H2,1-2H3. The van der Waals surface area contributed by atoms with Gasteiger partial charge in [0.25, 0.3) is 0 Å². The highest BCUT2D eigenvalue weighted by molar-refractivity contribution is 5.84. The van der Waals surface area contributed by atoms with E-state index in [2.05, 4.69) is 18.7 Å². The van der Waals surface area contributed by atoms with Gasteiger partial charge in [-0.15, -0.1) is 0 Å². The van der Waals surface area contributed by atoms with Crippen molar-refractivity contribution < 1.29 is 9.53 Å². The molecule has 2 aliphatic heterocycles. The highest BCUT2D eigenvalue weighted by atomic mass is 16.5. The van der Waals surface area contributed by atoms with Gasteiger partial charge in [0.1, 0.15) is 5.75 Å². The van der Waals surface area contributed by atoms with Crippen LogP contribution in [0.25, 0.3) is 0 Å². The van der Waals surface area contributed by atoms with Crippen molar-refractivity contribution in [3.05, 3.63) is 77.0 Å². The van der Waals surface area contributed by atoms with E-state index in [4.69, 9.17) is 14.7 Å². The number of carbonyl (C=O) groups is 1. The van der Waals surface area contributed by atoms with Crippen LogP contribution >= 0.6 is 0 Å². The third kappa shape index (κ3) is 5.16. The summed E-state index contributed by atoms with van der Waals surface area (Å²) in [4.78, 5) is 27.7. The van der Waals surface area contributed by atoms with Gasteiger partial charge < -0.3 is 14.5 Å². The van der Waals surface area contributed by atoms with E-state index < -0.39 is 0 Å². The van der Waals surface area contributed by atoms with Crippen molar-refractivity contribution in [1.29, 1.82) is 0 Å². The molecule has 0 aliphatic carbocycles. The molecule has 35 heavy (non-hydrogen) atoms. The average Bonchev–Trinajstić information content (AvgIpc) is 2.91. The first-order chi connectivity index (χ1) is 17.1. The van der Waals surface area contributed by atoms with Crippen LogP contribution in [0.5, 0.6) is 11.6 Å². The Bertz CT molecular complexity index is 1160. The van der Waals surface area contributed by atoms with Gasteiger partial charge in [-0.3, -0.25) is 4.79 Å². The molecule has 1 fully saturated rings. The predicted octanol–water partition coefficient (Wildman–Crippen LogP) is 5.65. The van der Waals surface area contributed by atoms with Crippen LogP contribution in [0.2, 0.25) is 0 Å². The number of fused-ring (bicyclic) bond motifs is 1. The number of benzene rings is 2. The fourth-order valence-corrected chi connectivity index (χ4v) is 5.06. The third-order valence-corrected chi connectivity index (χ3v) is 7.10. The van der Waals surface area contributed by atoms with Gasteiger partial charge in [0.15, 0.2) is 0 Å². The molecule has 1 atom stereocenters. The molecule has 0 N–H and O–H groups in total. The fourth-order valence-electron chi connectivity index (χ4n) is 5.06. The second-order valence-electron chi connectivity index (χ2n) is 9.60. The smallest absolute Gasteiger partial charge is 0.230 e. The SMILES string of the molecule is CCC(C(=O)N1CCc2nc(N3CCCCC3)nc(Oc3ccc(C)cc3)c2C1)c1ccccc1. The second-order valence-corrected chi connectivity index (χ2v) is 9.60. The lowest BCUT2D eigenvalue weighted by Crippen LogP contribution is -2.40. The molecule has 1 saturated heterocycles. The Morgan fingerprint density at radius 1 is 0.971 bits per heavy atom. The molecule has 1 aromatic heterocycles. The zero-order valence-electron chi connectivity index (χ0n) is 20.7. The van der Waals surface area contributed by atoms with E-state index in [0.717, 1.165) is 60.9 Å². The Morgan fingerprint density at radius 2 is 1.71 bits per heavy atom. The van der Waals surface area contributed by atoms with E-state index in [1.54, 1.807) is 0 Å². The minimum atomic E-state index is -0.146. The quantitative estimate of drug-likeness (QED) is 0.466. The van der Waals surface area contributed by atoms with Crippen LogP contribution in [0.15, 0.2) is 54.6 Å². The van der Waals surface area contributed by atoms with Crippen LogP contribution in [0.1, 0.15) is 60.9 Å². The van der Waals surface area contributed by atoms with E-state index in [0.29, 0.717) is 25.4 Å². The molecule has 3 heterocycles. The number of ether oxygens (including phenoxy) is 1. The number of hydrogen-bond donors (Lipinski definition) is 0. The lowest BCUT2D eigenvalue weighted by molar-refractivity contribution is -0.133. The minimum Gasteiger partial charge on any atom is -0.438 e. The zero-order chi connectivity index (χ0) is 24.2. The molecular formula is C29H34N4O2. The molecule has 182 valence electrons. The molecule has 3 aromatic rings. The van der Waals surface area contributed by atoms with E-state index in [9.17, 15) is 4.79 Å². The Balaban J connectivity index is 1.46. The lowest BCUT2D eigenvalue weighted by atomic mass is 9.94. The van der Waals surface area contributed by atoms with Gasteiger partial charge in [-0.25, -0.2) is 4.98 Å². The number of amides is 1. The van der Waals surface area contributed by atoms with Crippen molar-refractivity contribution in [2.24, 2.45) is 0 Å². The van der Waals surface area contributed by atoms with Crippen LogP contribution in [0.4, 0.5) is 5.95 Å². The Morgan fingerprint density at radius 3 is 2.43 bits per heavy atom. The molecule has 0 spiro atoms. The molecule has 0 saturated carbocycles. The maximum Gasteiger partial charge on any atom is 0.230 e. The van der Waals surface area contributed by atoms with Gasteiger partial charge in [0, 0.05) is 26.1 Å². The Kier molecular flexibility index (Phi) is 6.98. The summed E-state index contributed by atoms with van der Waals surface area (Å²) < 4.78 is 6.35. The average molecular weight is 471 g/mol. The normalized spacial score (nSPS) is 16.5.